The van der Waals surface area contributed by atoms with Crippen molar-refractivity contribution in [3.05, 3.63) is 33.8 Å². The number of nitrogens with zero attached hydrogens (tertiary/aromatic N) is 1. The lowest BCUT2D eigenvalue weighted by Crippen LogP contribution is -2.34. The van der Waals surface area contributed by atoms with Gasteiger partial charge >= 0.3 is 5.97 Å². The molecule has 0 bridgehead atoms. The highest BCUT2D eigenvalue weighted by molar-refractivity contribution is 6.33. The molecule has 3 nitrogen and oxygen atoms in total. The molecule has 5 heteroatoms. The number of likely N-dealkylation sites (N-methyl/N-ethyl adjacent to an activating group) is 1. The van der Waals surface area contributed by atoms with Gasteiger partial charge in [-0.25, -0.2) is 0 Å². The number of halogens is 2. The molecule has 1 aromatic carbocycles. The summed E-state index contributed by atoms with van der Waals surface area (Å²) >= 11 is 11.9. The van der Waals surface area contributed by atoms with E-state index in [0.717, 1.165) is 0 Å². The van der Waals surface area contributed by atoms with E-state index >= 15 is 0 Å². The molecule has 0 aliphatic rings. The van der Waals surface area contributed by atoms with Crippen LogP contribution in [-0.4, -0.2) is 29.1 Å². The normalized spacial score (nSPS) is 12.8. The van der Waals surface area contributed by atoms with Gasteiger partial charge in [-0.05, 0) is 31.3 Å². The minimum absolute atomic E-state index is 0.425. The molecule has 0 spiro atoms. The lowest BCUT2D eigenvalue weighted by molar-refractivity contribution is -0.143. The van der Waals surface area contributed by atoms with Crippen molar-refractivity contribution in [3.63, 3.8) is 0 Å². The molecule has 1 atom stereocenters. The largest absolute Gasteiger partial charge is 0.480 e. The lowest BCUT2D eigenvalue weighted by Gasteiger charge is -2.27. The molecule has 1 unspecified atom stereocenters. The van der Waals surface area contributed by atoms with Crippen LogP contribution in [0.1, 0.15) is 25.5 Å². The van der Waals surface area contributed by atoms with E-state index in [2.05, 4.69) is 0 Å². The van der Waals surface area contributed by atoms with E-state index in [9.17, 15) is 9.90 Å². The lowest BCUT2D eigenvalue weighted by atomic mass is 10.1. The summed E-state index contributed by atoms with van der Waals surface area (Å²) in [6, 6.07) is 4.13. The molecular formula is C12H15Cl2NO2. The molecule has 0 radical (unpaired) electrons. The third-order valence-corrected chi connectivity index (χ3v) is 3.24. The van der Waals surface area contributed by atoms with Gasteiger partial charge in [0.2, 0.25) is 0 Å². The van der Waals surface area contributed by atoms with Crippen molar-refractivity contribution in [2.24, 2.45) is 0 Å². The van der Waals surface area contributed by atoms with Crippen LogP contribution in [0.15, 0.2) is 18.2 Å². The summed E-state index contributed by atoms with van der Waals surface area (Å²) in [6.45, 7) is 5.10. The van der Waals surface area contributed by atoms with Gasteiger partial charge in [0.15, 0.2) is 0 Å². The first-order chi connectivity index (χ1) is 8.01. The first-order valence-corrected chi connectivity index (χ1v) is 6.18. The molecule has 0 heterocycles. The maximum Gasteiger partial charge on any atom is 0.325 e. The second-order valence-corrected chi connectivity index (χ2v) is 4.47. The predicted molar refractivity (Wildman–Crippen MR) is 69.8 cm³/mol. The summed E-state index contributed by atoms with van der Waals surface area (Å²) in [6.07, 6.45) is 0. The van der Waals surface area contributed by atoms with Gasteiger partial charge in [0.1, 0.15) is 6.04 Å². The predicted octanol–water partition coefficient (Wildman–Crippen LogP) is 3.46. The van der Waals surface area contributed by atoms with Gasteiger partial charge in [-0.15, -0.1) is 0 Å². The van der Waals surface area contributed by atoms with Crippen molar-refractivity contribution >= 4 is 29.2 Å². The summed E-state index contributed by atoms with van der Waals surface area (Å²) in [7, 11) is 0. The van der Waals surface area contributed by atoms with Gasteiger partial charge in [-0.3, -0.25) is 9.69 Å². The second-order valence-electron chi connectivity index (χ2n) is 3.63. The zero-order chi connectivity index (χ0) is 13.0. The van der Waals surface area contributed by atoms with E-state index in [4.69, 9.17) is 23.2 Å². The van der Waals surface area contributed by atoms with Crippen LogP contribution in [0.5, 0.6) is 0 Å². The Balaban J connectivity index is 3.22. The molecule has 0 amide bonds. The Morgan fingerprint density at radius 3 is 2.41 bits per heavy atom. The third-order valence-electron chi connectivity index (χ3n) is 2.66. The maximum absolute atomic E-state index is 11.4. The Labute approximate surface area is 111 Å². The number of carboxylic acid groups (broad SMARTS) is 1. The van der Waals surface area contributed by atoms with Crippen LogP contribution >= 0.6 is 23.2 Å². The summed E-state index contributed by atoms with van der Waals surface area (Å²) in [4.78, 5) is 13.2. The van der Waals surface area contributed by atoms with Crippen molar-refractivity contribution in [1.29, 1.82) is 0 Å². The van der Waals surface area contributed by atoms with Crippen molar-refractivity contribution in [2.75, 3.05) is 13.1 Å². The van der Waals surface area contributed by atoms with Crippen LogP contribution in [-0.2, 0) is 4.79 Å². The molecule has 0 saturated heterocycles. The Bertz CT molecular complexity index is 405. The van der Waals surface area contributed by atoms with E-state index in [0.29, 0.717) is 28.7 Å². The quantitative estimate of drug-likeness (QED) is 0.895. The van der Waals surface area contributed by atoms with E-state index in [-0.39, 0.29) is 0 Å². The van der Waals surface area contributed by atoms with Crippen molar-refractivity contribution in [3.8, 4) is 0 Å². The molecule has 1 aromatic rings. The average molecular weight is 276 g/mol. The van der Waals surface area contributed by atoms with Crippen LogP contribution in [0.2, 0.25) is 10.0 Å². The number of aliphatic carboxylic acids is 1. The van der Waals surface area contributed by atoms with Crippen LogP contribution in [0.3, 0.4) is 0 Å². The van der Waals surface area contributed by atoms with Gasteiger partial charge in [0.25, 0.3) is 0 Å². The molecule has 0 aromatic heterocycles. The zero-order valence-corrected chi connectivity index (χ0v) is 11.3. The third kappa shape index (κ3) is 3.35. The number of rotatable bonds is 5. The van der Waals surface area contributed by atoms with Crippen LogP contribution < -0.4 is 0 Å². The van der Waals surface area contributed by atoms with Crippen molar-refractivity contribution < 1.29 is 9.90 Å². The highest BCUT2D eigenvalue weighted by Gasteiger charge is 2.27. The minimum atomic E-state index is -0.919. The number of hydrogen-bond donors (Lipinski definition) is 1. The summed E-state index contributed by atoms with van der Waals surface area (Å²) < 4.78 is 0. The molecule has 0 aliphatic carbocycles. The van der Waals surface area contributed by atoms with Crippen LogP contribution in [0, 0.1) is 0 Å². The number of carbonyl (C=O) groups is 1. The average Bonchev–Trinajstić information content (AvgIpc) is 2.29. The highest BCUT2D eigenvalue weighted by atomic mass is 35.5. The highest BCUT2D eigenvalue weighted by Crippen LogP contribution is 2.30. The summed E-state index contributed by atoms with van der Waals surface area (Å²) in [5.74, 6) is -0.919. The molecule has 94 valence electrons. The van der Waals surface area contributed by atoms with Crippen LogP contribution in [0.4, 0.5) is 0 Å². The fourth-order valence-corrected chi connectivity index (χ4v) is 2.20. The Hall–Kier alpha value is -0.770. The Morgan fingerprint density at radius 1 is 1.35 bits per heavy atom. The maximum atomic E-state index is 11.4. The van der Waals surface area contributed by atoms with Crippen molar-refractivity contribution in [2.45, 2.75) is 19.9 Å². The summed E-state index contributed by atoms with van der Waals surface area (Å²) in [5, 5.41) is 10.2. The summed E-state index contributed by atoms with van der Waals surface area (Å²) in [5.41, 5.74) is 0.537. The van der Waals surface area contributed by atoms with E-state index < -0.39 is 12.0 Å². The number of hydrogen-bond acceptors (Lipinski definition) is 2. The monoisotopic (exact) mass is 275 g/mol. The first-order valence-electron chi connectivity index (χ1n) is 5.43. The molecule has 17 heavy (non-hydrogen) atoms. The molecule has 0 aliphatic heterocycles. The first kappa shape index (κ1) is 14.3. The van der Waals surface area contributed by atoms with Gasteiger partial charge in [0.05, 0.1) is 0 Å². The minimum Gasteiger partial charge on any atom is -0.480 e. The molecule has 0 saturated carbocycles. The number of benzene rings is 1. The smallest absolute Gasteiger partial charge is 0.325 e. The van der Waals surface area contributed by atoms with Gasteiger partial charge in [-0.2, -0.15) is 0 Å². The van der Waals surface area contributed by atoms with E-state index in [1.54, 1.807) is 18.2 Å². The standard InChI is InChI=1S/C12H15Cl2NO2/c1-3-15(4-2)11(12(16)17)9-7-8(13)5-6-10(9)14/h5-7,11H,3-4H2,1-2H3,(H,16,17). The van der Waals surface area contributed by atoms with E-state index in [1.807, 2.05) is 18.7 Å². The molecular weight excluding hydrogens is 261 g/mol. The fraction of sp³-hybridized carbons (Fsp3) is 0.417. The van der Waals surface area contributed by atoms with Gasteiger partial charge < -0.3 is 5.11 Å². The molecule has 0 fully saturated rings. The second kappa shape index (κ2) is 6.24. The Morgan fingerprint density at radius 2 is 1.94 bits per heavy atom. The topological polar surface area (TPSA) is 40.5 Å². The van der Waals surface area contributed by atoms with Gasteiger partial charge in [0, 0.05) is 15.6 Å². The van der Waals surface area contributed by atoms with Gasteiger partial charge in [-0.1, -0.05) is 37.0 Å². The SMILES string of the molecule is CCN(CC)C(C(=O)O)c1cc(Cl)ccc1Cl. The van der Waals surface area contributed by atoms with Crippen LogP contribution in [0.25, 0.3) is 0 Å². The zero-order valence-electron chi connectivity index (χ0n) is 9.78. The molecule has 1 rings (SSSR count). The fourth-order valence-electron chi connectivity index (χ4n) is 1.80. The Kier molecular flexibility index (Phi) is 5.25. The van der Waals surface area contributed by atoms with Crippen molar-refractivity contribution in [1.82, 2.24) is 4.90 Å². The number of carboxylic acids is 1. The van der Waals surface area contributed by atoms with E-state index in [1.165, 1.54) is 0 Å². The molecule has 1 N–H and O–H groups in total.